The Hall–Kier alpha value is -1.98. The second-order valence-electron chi connectivity index (χ2n) is 3.04. The van der Waals surface area contributed by atoms with Crippen LogP contribution in [0.15, 0.2) is 28.8 Å². The maximum Gasteiger partial charge on any atom is 0.145 e. The number of nitrogens with zero attached hydrogens (tertiary/aromatic N) is 2. The summed E-state index contributed by atoms with van der Waals surface area (Å²) < 4.78 is 13.2. The molecule has 0 bridgehead atoms. The van der Waals surface area contributed by atoms with Crippen molar-refractivity contribution in [2.24, 2.45) is 0 Å². The van der Waals surface area contributed by atoms with Gasteiger partial charge in [-0.2, -0.15) is 10.5 Å². The highest BCUT2D eigenvalue weighted by atomic mass is 32.1. The highest BCUT2D eigenvalue weighted by Crippen LogP contribution is 2.23. The quantitative estimate of drug-likeness (QED) is 0.610. The number of thiol groups is 1. The first-order valence-corrected chi connectivity index (χ1v) is 4.79. The van der Waals surface area contributed by atoms with Gasteiger partial charge in [-0.3, -0.25) is 0 Å². The second-order valence-corrected chi connectivity index (χ2v) is 3.53. The van der Waals surface area contributed by atoms with Crippen LogP contribution in [0.1, 0.15) is 5.56 Å². The molecule has 0 saturated carbocycles. The fourth-order valence-corrected chi connectivity index (χ4v) is 1.34. The summed E-state index contributed by atoms with van der Waals surface area (Å²) in [4.78, 5) is 0.547. The molecule has 0 fully saturated rings. The Morgan fingerprint density at radius 1 is 1.44 bits per heavy atom. The van der Waals surface area contributed by atoms with Crippen LogP contribution in [0.2, 0.25) is 0 Å². The number of nitrogens with one attached hydrogen (secondary N) is 1. The lowest BCUT2D eigenvalue weighted by atomic mass is 10.2. The molecule has 0 spiro atoms. The zero-order valence-electron chi connectivity index (χ0n) is 8.45. The van der Waals surface area contributed by atoms with E-state index in [1.165, 1.54) is 12.3 Å². The van der Waals surface area contributed by atoms with Gasteiger partial charge in [0.2, 0.25) is 0 Å². The highest BCUT2D eigenvalue weighted by Gasteiger charge is 2.03. The largest absolute Gasteiger partial charge is 0.359 e. The summed E-state index contributed by atoms with van der Waals surface area (Å²) >= 11 is 4.15. The van der Waals surface area contributed by atoms with Gasteiger partial charge in [0.15, 0.2) is 0 Å². The molecular formula is C11H8FN3S. The van der Waals surface area contributed by atoms with Crippen LogP contribution in [0.3, 0.4) is 0 Å². The van der Waals surface area contributed by atoms with Crippen LogP contribution in [0.25, 0.3) is 0 Å². The summed E-state index contributed by atoms with van der Waals surface area (Å²) in [6.45, 7) is 1.63. The van der Waals surface area contributed by atoms with E-state index in [2.05, 4.69) is 17.9 Å². The summed E-state index contributed by atoms with van der Waals surface area (Å²) in [5.74, 6) is -0.371. The van der Waals surface area contributed by atoms with E-state index in [0.29, 0.717) is 16.1 Å². The molecular weight excluding hydrogens is 225 g/mol. The van der Waals surface area contributed by atoms with Crippen molar-refractivity contribution in [2.45, 2.75) is 11.8 Å². The average Bonchev–Trinajstić information content (AvgIpc) is 2.26. The summed E-state index contributed by atoms with van der Waals surface area (Å²) in [6.07, 6.45) is 1.21. The molecule has 16 heavy (non-hydrogen) atoms. The van der Waals surface area contributed by atoms with E-state index in [4.69, 9.17) is 10.5 Å². The molecule has 1 rings (SSSR count). The standard InChI is InChI=1S/C11H8FN3S/c1-7-2-11(16)10(3-9(7)12)15-6-8(4-13)5-14/h2-3,6,15-16H,1H3. The Morgan fingerprint density at radius 3 is 2.62 bits per heavy atom. The van der Waals surface area contributed by atoms with Gasteiger partial charge in [0.05, 0.1) is 5.69 Å². The first-order valence-electron chi connectivity index (χ1n) is 4.34. The molecule has 80 valence electrons. The SMILES string of the molecule is Cc1cc(S)c(NC=C(C#N)C#N)cc1F. The molecule has 0 heterocycles. The van der Waals surface area contributed by atoms with Gasteiger partial charge in [-0.05, 0) is 24.6 Å². The topological polar surface area (TPSA) is 59.6 Å². The van der Waals surface area contributed by atoms with Gasteiger partial charge in [-0.15, -0.1) is 12.6 Å². The van der Waals surface area contributed by atoms with Gasteiger partial charge in [0, 0.05) is 11.1 Å². The fraction of sp³-hybridized carbons (Fsp3) is 0.0909. The molecule has 3 nitrogen and oxygen atoms in total. The molecule has 1 N–H and O–H groups in total. The van der Waals surface area contributed by atoms with Crippen LogP contribution < -0.4 is 5.32 Å². The summed E-state index contributed by atoms with van der Waals surface area (Å²) in [7, 11) is 0. The van der Waals surface area contributed by atoms with Gasteiger partial charge in [0.25, 0.3) is 0 Å². The normalized spacial score (nSPS) is 8.81. The molecule has 5 heteroatoms. The number of allylic oxidation sites excluding steroid dienone is 1. The molecule has 0 unspecified atom stereocenters. The number of hydrogen-bond donors (Lipinski definition) is 2. The Kier molecular flexibility index (Phi) is 3.93. The molecule has 0 atom stereocenters. The Morgan fingerprint density at radius 2 is 2.06 bits per heavy atom. The van der Waals surface area contributed by atoms with E-state index >= 15 is 0 Å². The Labute approximate surface area is 98.2 Å². The maximum absolute atomic E-state index is 13.2. The minimum Gasteiger partial charge on any atom is -0.359 e. The van der Waals surface area contributed by atoms with Crippen LogP contribution >= 0.6 is 12.6 Å². The van der Waals surface area contributed by atoms with Gasteiger partial charge in [-0.1, -0.05) is 0 Å². The minimum absolute atomic E-state index is 0.0892. The van der Waals surface area contributed by atoms with Gasteiger partial charge in [-0.25, -0.2) is 4.39 Å². The number of hydrogen-bond acceptors (Lipinski definition) is 4. The number of rotatable bonds is 2. The predicted octanol–water partition coefficient (Wildman–Crippen LogP) is 2.77. The van der Waals surface area contributed by atoms with Crippen molar-refractivity contribution in [1.29, 1.82) is 10.5 Å². The maximum atomic E-state index is 13.2. The van der Waals surface area contributed by atoms with Crippen molar-refractivity contribution in [3.8, 4) is 12.1 Å². The average molecular weight is 233 g/mol. The lowest BCUT2D eigenvalue weighted by molar-refractivity contribution is 0.618. The summed E-state index contributed by atoms with van der Waals surface area (Å²) in [5, 5.41) is 19.7. The van der Waals surface area contributed by atoms with Crippen LogP contribution in [-0.2, 0) is 0 Å². The monoisotopic (exact) mass is 233 g/mol. The third kappa shape index (κ3) is 2.75. The number of benzene rings is 1. The Bertz CT molecular complexity index is 507. The lowest BCUT2D eigenvalue weighted by Crippen LogP contribution is -1.94. The van der Waals surface area contributed by atoms with Crippen molar-refractivity contribution in [2.75, 3.05) is 5.32 Å². The van der Waals surface area contributed by atoms with Gasteiger partial charge in [0.1, 0.15) is 23.5 Å². The molecule has 0 aromatic heterocycles. The lowest BCUT2D eigenvalue weighted by Gasteiger charge is -2.06. The number of anilines is 1. The van der Waals surface area contributed by atoms with E-state index in [0.717, 1.165) is 0 Å². The number of nitriles is 2. The number of halogens is 1. The molecule has 0 aliphatic carbocycles. The van der Waals surface area contributed by atoms with Crippen molar-refractivity contribution < 1.29 is 4.39 Å². The second kappa shape index (κ2) is 5.20. The fourth-order valence-electron chi connectivity index (χ4n) is 1.02. The van der Waals surface area contributed by atoms with E-state index in [9.17, 15) is 4.39 Å². The molecule has 0 saturated heterocycles. The van der Waals surface area contributed by atoms with E-state index in [-0.39, 0.29) is 11.4 Å². The van der Waals surface area contributed by atoms with Crippen molar-refractivity contribution in [3.63, 3.8) is 0 Å². The zero-order chi connectivity index (χ0) is 12.1. The molecule has 0 aliphatic heterocycles. The third-order valence-corrected chi connectivity index (χ3v) is 2.26. The smallest absolute Gasteiger partial charge is 0.145 e. The van der Waals surface area contributed by atoms with Crippen molar-refractivity contribution in [3.05, 3.63) is 35.3 Å². The first-order chi connectivity index (χ1) is 7.58. The highest BCUT2D eigenvalue weighted by molar-refractivity contribution is 7.80. The third-order valence-electron chi connectivity index (χ3n) is 1.89. The van der Waals surface area contributed by atoms with Crippen LogP contribution in [0.5, 0.6) is 0 Å². The number of aryl methyl sites for hydroxylation is 1. The van der Waals surface area contributed by atoms with Gasteiger partial charge >= 0.3 is 0 Å². The van der Waals surface area contributed by atoms with E-state index in [1.54, 1.807) is 25.1 Å². The molecule has 0 radical (unpaired) electrons. The molecule has 0 aliphatic rings. The molecule has 0 amide bonds. The molecule has 1 aromatic rings. The van der Waals surface area contributed by atoms with Crippen LogP contribution in [0.4, 0.5) is 10.1 Å². The first kappa shape index (κ1) is 12.1. The predicted molar refractivity (Wildman–Crippen MR) is 61.3 cm³/mol. The Balaban J connectivity index is 3.01. The van der Waals surface area contributed by atoms with E-state index in [1.807, 2.05) is 0 Å². The van der Waals surface area contributed by atoms with E-state index < -0.39 is 0 Å². The van der Waals surface area contributed by atoms with Crippen LogP contribution in [0, 0.1) is 35.4 Å². The van der Waals surface area contributed by atoms with Crippen molar-refractivity contribution >= 4 is 18.3 Å². The van der Waals surface area contributed by atoms with Crippen LogP contribution in [-0.4, -0.2) is 0 Å². The van der Waals surface area contributed by atoms with Crippen molar-refractivity contribution in [1.82, 2.24) is 0 Å². The van der Waals surface area contributed by atoms with Gasteiger partial charge < -0.3 is 5.32 Å². The zero-order valence-corrected chi connectivity index (χ0v) is 9.35. The minimum atomic E-state index is -0.371. The summed E-state index contributed by atoms with van der Waals surface area (Å²) in [5.41, 5.74) is 0.809. The molecule has 1 aromatic carbocycles. The summed E-state index contributed by atoms with van der Waals surface area (Å²) in [6, 6.07) is 6.20.